The molecule has 34 heavy (non-hydrogen) atoms. The summed E-state index contributed by atoms with van der Waals surface area (Å²) in [6, 6.07) is 38.0. The minimum Gasteiger partial charge on any atom is -0.282 e. The van der Waals surface area contributed by atoms with E-state index in [0.29, 0.717) is 5.92 Å². The largest absolute Gasteiger partial charge is 0.282 e. The van der Waals surface area contributed by atoms with E-state index in [9.17, 15) is 0 Å². The molecule has 7 rings (SSSR count). The lowest BCUT2D eigenvalue weighted by Gasteiger charge is -2.54. The molecule has 0 aliphatic carbocycles. The van der Waals surface area contributed by atoms with Crippen LogP contribution in [0.3, 0.4) is 0 Å². The summed E-state index contributed by atoms with van der Waals surface area (Å²) in [5.74, 6) is 0.478. The van der Waals surface area contributed by atoms with Gasteiger partial charge < -0.3 is 0 Å². The highest BCUT2D eigenvalue weighted by atomic mass is 35.5. The number of rotatable bonds is 4. The Labute approximate surface area is 210 Å². The van der Waals surface area contributed by atoms with Gasteiger partial charge >= 0.3 is 0 Å². The predicted octanol–water partition coefficient (Wildman–Crippen LogP) is 7.78. The molecule has 1 saturated heterocycles. The van der Waals surface area contributed by atoms with Crippen LogP contribution in [0.5, 0.6) is 0 Å². The number of aliphatic imine (C=N–C) groups is 1. The summed E-state index contributed by atoms with van der Waals surface area (Å²) in [7, 11) is 0. The zero-order valence-electron chi connectivity index (χ0n) is 18.5. The van der Waals surface area contributed by atoms with Gasteiger partial charge in [0.25, 0.3) is 0 Å². The van der Waals surface area contributed by atoms with Crippen molar-refractivity contribution in [1.82, 2.24) is 5.32 Å². The number of nitrogens with one attached hydrogen (secondary N) is 1. The van der Waals surface area contributed by atoms with Crippen LogP contribution in [-0.4, -0.2) is 5.71 Å². The molecule has 4 heteroatoms. The van der Waals surface area contributed by atoms with E-state index in [1.54, 1.807) is 0 Å². The topological polar surface area (TPSA) is 24.4 Å². The Morgan fingerprint density at radius 2 is 1.24 bits per heavy atom. The summed E-state index contributed by atoms with van der Waals surface area (Å²) >= 11 is 12.5. The highest BCUT2D eigenvalue weighted by Crippen LogP contribution is 2.54. The van der Waals surface area contributed by atoms with Gasteiger partial charge in [-0.05, 0) is 58.9 Å². The smallest absolute Gasteiger partial charge is 0.137 e. The van der Waals surface area contributed by atoms with Crippen LogP contribution >= 0.6 is 23.2 Å². The van der Waals surface area contributed by atoms with Crippen LogP contribution < -0.4 is 5.32 Å². The molecule has 1 fully saturated rings. The summed E-state index contributed by atoms with van der Waals surface area (Å²) in [5, 5.41) is 5.43. The number of piperidine rings is 1. The van der Waals surface area contributed by atoms with Crippen LogP contribution in [0.2, 0.25) is 10.0 Å². The Kier molecular flexibility index (Phi) is 5.53. The summed E-state index contributed by atoms with van der Waals surface area (Å²) in [5.41, 5.74) is 5.43. The number of benzene rings is 4. The van der Waals surface area contributed by atoms with Crippen molar-refractivity contribution in [2.75, 3.05) is 0 Å². The number of halogens is 2. The van der Waals surface area contributed by atoms with Gasteiger partial charge in [0, 0.05) is 22.0 Å². The van der Waals surface area contributed by atoms with E-state index in [1.165, 1.54) is 11.1 Å². The average Bonchev–Trinajstić information content (AvgIpc) is 2.90. The fraction of sp³-hybridized carbons (Fsp3) is 0.167. The summed E-state index contributed by atoms with van der Waals surface area (Å²) in [6.45, 7) is 0. The van der Waals surface area contributed by atoms with Crippen LogP contribution in [0.4, 0.5) is 0 Å². The van der Waals surface area contributed by atoms with Crippen molar-refractivity contribution in [3.63, 3.8) is 0 Å². The molecule has 4 unspecified atom stereocenters. The van der Waals surface area contributed by atoms with Gasteiger partial charge in [0.15, 0.2) is 0 Å². The van der Waals surface area contributed by atoms with Crippen LogP contribution in [0.1, 0.15) is 40.6 Å². The van der Waals surface area contributed by atoms with E-state index in [4.69, 9.17) is 28.2 Å². The Morgan fingerprint density at radius 1 is 0.676 bits per heavy atom. The van der Waals surface area contributed by atoms with Crippen molar-refractivity contribution >= 4 is 28.9 Å². The molecule has 0 saturated carbocycles. The van der Waals surface area contributed by atoms with Gasteiger partial charge in [-0.3, -0.25) is 10.3 Å². The van der Waals surface area contributed by atoms with Crippen molar-refractivity contribution in [1.29, 1.82) is 0 Å². The number of nitrogens with zero attached hydrogens (tertiary/aromatic N) is 1. The van der Waals surface area contributed by atoms with Crippen LogP contribution in [0.25, 0.3) is 0 Å². The van der Waals surface area contributed by atoms with Crippen LogP contribution in [0.15, 0.2) is 114 Å². The Balaban J connectivity index is 1.60. The highest BCUT2D eigenvalue weighted by Gasteiger charge is 2.53. The fourth-order valence-corrected chi connectivity index (χ4v) is 5.89. The van der Waals surface area contributed by atoms with E-state index in [-0.39, 0.29) is 12.0 Å². The lowest BCUT2D eigenvalue weighted by Crippen LogP contribution is -2.59. The van der Waals surface area contributed by atoms with Gasteiger partial charge in [0.2, 0.25) is 0 Å². The number of hydrogen-bond acceptors (Lipinski definition) is 2. The molecular weight excluding hydrogens is 459 g/mol. The van der Waals surface area contributed by atoms with Gasteiger partial charge in [-0.25, -0.2) is 0 Å². The second kappa shape index (κ2) is 8.70. The predicted molar refractivity (Wildman–Crippen MR) is 141 cm³/mol. The van der Waals surface area contributed by atoms with Crippen molar-refractivity contribution in [2.45, 2.75) is 24.0 Å². The molecule has 4 atom stereocenters. The molecule has 0 aromatic heterocycles. The number of hydrogen-bond donors (Lipinski definition) is 1. The summed E-state index contributed by atoms with van der Waals surface area (Å²) < 4.78 is 0. The molecule has 4 aromatic carbocycles. The van der Waals surface area contributed by atoms with Crippen molar-refractivity contribution in [3.05, 3.63) is 141 Å². The average molecular weight is 483 g/mol. The second-order valence-corrected chi connectivity index (χ2v) is 10.0. The van der Waals surface area contributed by atoms with Crippen LogP contribution in [0, 0.1) is 5.92 Å². The SMILES string of the molecule is Clc1ccc(C2=NC3(c4ccc(Cl)cc4)CC(c4ccccc4)C2C(c2ccccc2)N3)cc1. The summed E-state index contributed by atoms with van der Waals surface area (Å²) in [4.78, 5) is 5.45. The Hall–Kier alpha value is -2.91. The molecule has 0 amide bonds. The standard InChI is InChI=1S/C30H24Cl2N2/c31-24-15-11-22(12-16-24)29-27-26(20-7-3-1-4-8-20)19-30(34-29,23-13-17-25(32)18-14-23)33-28(27)21-9-5-2-6-10-21/h1-18,26-28,33H,19H2. The molecule has 0 radical (unpaired) electrons. The van der Waals surface area contributed by atoms with Gasteiger partial charge in [-0.15, -0.1) is 0 Å². The van der Waals surface area contributed by atoms with Gasteiger partial charge in [-0.1, -0.05) is 108 Å². The molecule has 3 aliphatic rings. The zero-order chi connectivity index (χ0) is 23.1. The molecule has 3 aliphatic heterocycles. The molecule has 168 valence electrons. The van der Waals surface area contributed by atoms with Gasteiger partial charge in [-0.2, -0.15) is 0 Å². The van der Waals surface area contributed by atoms with Gasteiger partial charge in [0.05, 0.1) is 5.71 Å². The third kappa shape index (κ3) is 3.76. The van der Waals surface area contributed by atoms with Crippen molar-refractivity contribution in [3.8, 4) is 0 Å². The zero-order valence-corrected chi connectivity index (χ0v) is 20.0. The maximum absolute atomic E-state index is 6.27. The third-order valence-electron chi connectivity index (χ3n) is 7.18. The lowest BCUT2D eigenvalue weighted by molar-refractivity contribution is 0.139. The normalized spacial score (nSPS) is 25.7. The monoisotopic (exact) mass is 482 g/mol. The Morgan fingerprint density at radius 3 is 1.85 bits per heavy atom. The van der Waals surface area contributed by atoms with Crippen LogP contribution in [-0.2, 0) is 5.66 Å². The lowest BCUT2D eigenvalue weighted by atomic mass is 9.64. The summed E-state index contributed by atoms with van der Waals surface area (Å²) in [6.07, 6.45) is 0.879. The minimum atomic E-state index is -0.560. The molecule has 2 bridgehead atoms. The van der Waals surface area contributed by atoms with Gasteiger partial charge in [0.1, 0.15) is 5.66 Å². The highest BCUT2D eigenvalue weighted by molar-refractivity contribution is 6.31. The molecule has 0 spiro atoms. The first-order valence-electron chi connectivity index (χ1n) is 11.6. The van der Waals surface area contributed by atoms with E-state index < -0.39 is 5.66 Å². The quantitative estimate of drug-likeness (QED) is 0.315. The van der Waals surface area contributed by atoms with Crippen molar-refractivity contribution < 1.29 is 0 Å². The molecule has 2 nitrogen and oxygen atoms in total. The second-order valence-electron chi connectivity index (χ2n) is 9.15. The van der Waals surface area contributed by atoms with Crippen molar-refractivity contribution in [2.24, 2.45) is 10.9 Å². The maximum Gasteiger partial charge on any atom is 0.137 e. The molecule has 4 aromatic rings. The molecule has 1 N–H and O–H groups in total. The fourth-order valence-electron chi connectivity index (χ4n) is 5.64. The van der Waals surface area contributed by atoms with E-state index in [1.807, 2.05) is 24.3 Å². The maximum atomic E-state index is 6.27. The first kappa shape index (κ1) is 21.6. The minimum absolute atomic E-state index is 0.110. The molecular formula is C30H24Cl2N2. The molecule has 3 heterocycles. The van der Waals surface area contributed by atoms with E-state index in [2.05, 4.69) is 90.2 Å². The Bertz CT molecular complexity index is 1270. The first-order valence-corrected chi connectivity index (χ1v) is 12.4. The number of fused-ring (bicyclic) bond motifs is 2. The first-order chi connectivity index (χ1) is 16.6. The van der Waals surface area contributed by atoms with E-state index in [0.717, 1.165) is 33.3 Å². The third-order valence-corrected chi connectivity index (χ3v) is 7.68. The van der Waals surface area contributed by atoms with E-state index >= 15 is 0 Å².